The van der Waals surface area contributed by atoms with Gasteiger partial charge in [0.2, 0.25) is 0 Å². The van der Waals surface area contributed by atoms with Crippen molar-refractivity contribution in [3.63, 3.8) is 0 Å². The maximum atomic E-state index is 11.9. The second-order valence-electron chi connectivity index (χ2n) is 4.86. The van der Waals surface area contributed by atoms with Crippen molar-refractivity contribution < 1.29 is 19.1 Å². The lowest BCUT2D eigenvalue weighted by Crippen LogP contribution is -2.34. The Labute approximate surface area is 137 Å². The number of nitrogens with one attached hydrogen (secondary N) is 1. The number of hydrogen-bond acceptors (Lipinski definition) is 5. The Bertz CT molecular complexity index is 574. The number of esters is 1. The van der Waals surface area contributed by atoms with Gasteiger partial charge in [0.05, 0.1) is 22.4 Å². The highest BCUT2D eigenvalue weighted by Crippen LogP contribution is 2.27. The lowest BCUT2D eigenvalue weighted by Gasteiger charge is -2.11. The van der Waals surface area contributed by atoms with Gasteiger partial charge < -0.3 is 20.5 Å². The average Bonchev–Trinajstić information content (AvgIpc) is 2.99. The number of benzene rings is 1. The van der Waals surface area contributed by atoms with Crippen LogP contribution in [0.3, 0.4) is 0 Å². The van der Waals surface area contributed by atoms with Crippen molar-refractivity contribution in [2.45, 2.75) is 18.9 Å². The molecule has 1 saturated heterocycles. The molecule has 8 heteroatoms. The Morgan fingerprint density at radius 1 is 1.41 bits per heavy atom. The fourth-order valence-electron chi connectivity index (χ4n) is 2.05. The zero-order valence-corrected chi connectivity index (χ0v) is 13.2. The van der Waals surface area contributed by atoms with Crippen LogP contribution in [0.1, 0.15) is 23.2 Å². The van der Waals surface area contributed by atoms with Crippen LogP contribution in [-0.4, -0.2) is 37.7 Å². The predicted molar refractivity (Wildman–Crippen MR) is 83.1 cm³/mol. The summed E-state index contributed by atoms with van der Waals surface area (Å²) in [6.07, 6.45) is 1.93. The molecule has 0 saturated carbocycles. The Kier molecular flexibility index (Phi) is 5.88. The van der Waals surface area contributed by atoms with E-state index in [2.05, 4.69) is 5.32 Å². The molecule has 1 unspecified atom stereocenters. The summed E-state index contributed by atoms with van der Waals surface area (Å²) in [5.41, 5.74) is 5.79. The first-order valence-corrected chi connectivity index (χ1v) is 7.53. The predicted octanol–water partition coefficient (Wildman–Crippen LogP) is 2.03. The Balaban J connectivity index is 1.83. The number of rotatable bonds is 5. The molecule has 1 amide bonds. The van der Waals surface area contributed by atoms with E-state index in [1.165, 1.54) is 12.1 Å². The molecule has 1 atom stereocenters. The van der Waals surface area contributed by atoms with Gasteiger partial charge in [-0.3, -0.25) is 4.79 Å². The fraction of sp³-hybridized carbons (Fsp3) is 0.429. The second kappa shape index (κ2) is 7.67. The van der Waals surface area contributed by atoms with Crippen LogP contribution >= 0.6 is 23.2 Å². The molecule has 0 spiro atoms. The standard InChI is InChI=1S/C14H16Cl2N2O4/c15-8-4-10(13(17)11(16)5-8)14(20)22-7-12(19)18-6-9-2-1-3-21-9/h4-5,9H,1-3,6-7,17H2,(H,18,19). The first-order valence-electron chi connectivity index (χ1n) is 6.77. The van der Waals surface area contributed by atoms with Gasteiger partial charge in [-0.05, 0) is 25.0 Å². The summed E-state index contributed by atoms with van der Waals surface area (Å²) in [5, 5.41) is 3.06. The molecule has 1 aromatic carbocycles. The van der Waals surface area contributed by atoms with E-state index >= 15 is 0 Å². The van der Waals surface area contributed by atoms with Crippen molar-refractivity contribution in [2.75, 3.05) is 25.5 Å². The van der Waals surface area contributed by atoms with E-state index in [4.69, 9.17) is 38.4 Å². The third-order valence-corrected chi connectivity index (χ3v) is 3.73. The summed E-state index contributed by atoms with van der Waals surface area (Å²) in [5.74, 6) is -1.16. The van der Waals surface area contributed by atoms with Crippen LogP contribution in [0.15, 0.2) is 12.1 Å². The van der Waals surface area contributed by atoms with E-state index in [1.54, 1.807) is 0 Å². The van der Waals surface area contributed by atoms with Gasteiger partial charge in [0, 0.05) is 18.2 Å². The van der Waals surface area contributed by atoms with Crippen molar-refractivity contribution in [2.24, 2.45) is 0 Å². The van der Waals surface area contributed by atoms with Crippen molar-refractivity contribution >= 4 is 40.8 Å². The second-order valence-corrected chi connectivity index (χ2v) is 5.71. The molecule has 1 fully saturated rings. The van der Waals surface area contributed by atoms with Crippen LogP contribution < -0.4 is 11.1 Å². The normalized spacial score (nSPS) is 17.3. The van der Waals surface area contributed by atoms with E-state index in [-0.39, 0.29) is 27.4 Å². The minimum atomic E-state index is -0.755. The quantitative estimate of drug-likeness (QED) is 0.628. The lowest BCUT2D eigenvalue weighted by atomic mass is 10.2. The average molecular weight is 347 g/mol. The van der Waals surface area contributed by atoms with Crippen LogP contribution in [-0.2, 0) is 14.3 Å². The largest absolute Gasteiger partial charge is 0.452 e. The van der Waals surface area contributed by atoms with Gasteiger partial charge in [0.1, 0.15) is 0 Å². The maximum Gasteiger partial charge on any atom is 0.340 e. The van der Waals surface area contributed by atoms with Crippen molar-refractivity contribution in [1.82, 2.24) is 5.32 Å². The number of carbonyl (C=O) groups excluding carboxylic acids is 2. The molecule has 0 aliphatic carbocycles. The van der Waals surface area contributed by atoms with Gasteiger partial charge in [-0.15, -0.1) is 0 Å². The summed E-state index contributed by atoms with van der Waals surface area (Å²) in [6.45, 7) is 0.709. The molecule has 22 heavy (non-hydrogen) atoms. The maximum absolute atomic E-state index is 11.9. The van der Waals surface area contributed by atoms with Gasteiger partial charge in [-0.25, -0.2) is 4.79 Å². The molecule has 1 heterocycles. The number of amides is 1. The first kappa shape index (κ1) is 16.9. The van der Waals surface area contributed by atoms with Gasteiger partial charge in [0.15, 0.2) is 6.61 Å². The van der Waals surface area contributed by atoms with Crippen molar-refractivity contribution in [3.8, 4) is 0 Å². The van der Waals surface area contributed by atoms with Gasteiger partial charge in [-0.1, -0.05) is 23.2 Å². The monoisotopic (exact) mass is 346 g/mol. The zero-order valence-electron chi connectivity index (χ0n) is 11.7. The number of carbonyl (C=O) groups is 2. The van der Waals surface area contributed by atoms with Gasteiger partial charge in [0.25, 0.3) is 5.91 Å². The first-order chi connectivity index (χ1) is 10.5. The van der Waals surface area contributed by atoms with Crippen molar-refractivity contribution in [3.05, 3.63) is 27.7 Å². The molecule has 3 N–H and O–H groups in total. The van der Waals surface area contributed by atoms with E-state index in [0.717, 1.165) is 12.8 Å². The molecule has 0 radical (unpaired) electrons. The number of nitrogen functional groups attached to an aromatic ring is 1. The Hall–Kier alpha value is -1.50. The fourth-order valence-corrected chi connectivity index (χ4v) is 2.54. The third kappa shape index (κ3) is 4.50. The van der Waals surface area contributed by atoms with Crippen LogP contribution in [0.25, 0.3) is 0 Å². The highest BCUT2D eigenvalue weighted by atomic mass is 35.5. The summed E-state index contributed by atoms with van der Waals surface area (Å²) >= 11 is 11.6. The number of anilines is 1. The minimum Gasteiger partial charge on any atom is -0.452 e. The van der Waals surface area contributed by atoms with Crippen LogP contribution in [0.5, 0.6) is 0 Å². The minimum absolute atomic E-state index is 0.0297. The third-order valence-electron chi connectivity index (χ3n) is 3.20. The molecular weight excluding hydrogens is 331 g/mol. The molecule has 0 bridgehead atoms. The summed E-state index contributed by atoms with van der Waals surface area (Å²) in [7, 11) is 0. The summed E-state index contributed by atoms with van der Waals surface area (Å²) in [4.78, 5) is 23.5. The molecule has 1 aromatic rings. The van der Waals surface area contributed by atoms with Crippen LogP contribution in [0, 0.1) is 0 Å². The topological polar surface area (TPSA) is 90.7 Å². The number of nitrogens with two attached hydrogens (primary N) is 1. The summed E-state index contributed by atoms with van der Waals surface area (Å²) in [6, 6.07) is 2.76. The lowest BCUT2D eigenvalue weighted by molar-refractivity contribution is -0.124. The highest BCUT2D eigenvalue weighted by Gasteiger charge is 2.18. The van der Waals surface area contributed by atoms with E-state index in [9.17, 15) is 9.59 Å². The molecule has 1 aliphatic heterocycles. The van der Waals surface area contributed by atoms with E-state index in [1.807, 2.05) is 0 Å². The highest BCUT2D eigenvalue weighted by molar-refractivity contribution is 6.37. The van der Waals surface area contributed by atoms with Crippen LogP contribution in [0.2, 0.25) is 10.0 Å². The van der Waals surface area contributed by atoms with Gasteiger partial charge >= 0.3 is 5.97 Å². The van der Waals surface area contributed by atoms with E-state index in [0.29, 0.717) is 13.2 Å². The SMILES string of the molecule is Nc1c(Cl)cc(Cl)cc1C(=O)OCC(=O)NCC1CCCO1. The molecular formula is C14H16Cl2N2O4. The summed E-state index contributed by atoms with van der Waals surface area (Å²) < 4.78 is 10.3. The molecule has 120 valence electrons. The molecule has 1 aliphatic rings. The Morgan fingerprint density at radius 2 is 2.18 bits per heavy atom. The number of hydrogen-bond donors (Lipinski definition) is 2. The van der Waals surface area contributed by atoms with Crippen molar-refractivity contribution in [1.29, 1.82) is 0 Å². The van der Waals surface area contributed by atoms with E-state index < -0.39 is 18.5 Å². The smallest absolute Gasteiger partial charge is 0.340 e. The zero-order chi connectivity index (χ0) is 16.1. The molecule has 2 rings (SSSR count). The van der Waals surface area contributed by atoms with Crippen LogP contribution in [0.4, 0.5) is 5.69 Å². The van der Waals surface area contributed by atoms with Gasteiger partial charge in [-0.2, -0.15) is 0 Å². The molecule has 0 aromatic heterocycles. The Morgan fingerprint density at radius 3 is 2.86 bits per heavy atom. The number of ether oxygens (including phenoxy) is 2. The molecule has 6 nitrogen and oxygen atoms in total. The number of halogens is 2.